The van der Waals surface area contributed by atoms with E-state index < -0.39 is 0 Å². The van der Waals surface area contributed by atoms with Crippen molar-refractivity contribution in [1.29, 1.82) is 0 Å². The van der Waals surface area contributed by atoms with Crippen LogP contribution in [0.3, 0.4) is 0 Å². The molecule has 0 radical (unpaired) electrons. The molecule has 0 saturated heterocycles. The predicted molar refractivity (Wildman–Crippen MR) is 87.9 cm³/mol. The first-order chi connectivity index (χ1) is 10.8. The second kappa shape index (κ2) is 6.39. The lowest BCUT2D eigenvalue weighted by Gasteiger charge is -2.09. The molecule has 1 aliphatic rings. The lowest BCUT2D eigenvalue weighted by molar-refractivity contribution is 0.329. The molecule has 0 aromatic heterocycles. The van der Waals surface area contributed by atoms with Crippen LogP contribution in [0.25, 0.3) is 11.8 Å². The van der Waals surface area contributed by atoms with Gasteiger partial charge in [-0.1, -0.05) is 30.3 Å². The second-order valence-electron chi connectivity index (χ2n) is 5.00. The van der Waals surface area contributed by atoms with Crippen LogP contribution in [0.15, 0.2) is 60.2 Å². The Bertz CT molecular complexity index is 715. The Labute approximate surface area is 130 Å². The quantitative estimate of drug-likeness (QED) is 0.847. The van der Waals surface area contributed by atoms with Crippen LogP contribution in [0.2, 0.25) is 0 Å². The van der Waals surface area contributed by atoms with Crippen molar-refractivity contribution in [2.24, 2.45) is 0 Å². The van der Waals surface area contributed by atoms with Gasteiger partial charge in [-0.25, -0.2) is 0 Å². The van der Waals surface area contributed by atoms with Gasteiger partial charge in [-0.15, -0.1) is 0 Å². The standard InChI is InChI=1S/C19H18O3/c1-20-17-9-8-16(12-19(17)21-2)18-11-15(13-22-18)10-14-6-4-3-5-7-14/h3-12H,13H2,1-2H3. The molecule has 1 heterocycles. The lowest BCUT2D eigenvalue weighted by Crippen LogP contribution is -1.93. The van der Waals surface area contributed by atoms with Crippen LogP contribution in [-0.2, 0) is 4.74 Å². The van der Waals surface area contributed by atoms with Gasteiger partial charge in [0.05, 0.1) is 14.2 Å². The normalized spacial score (nSPS) is 15.4. The summed E-state index contributed by atoms with van der Waals surface area (Å²) in [5.74, 6) is 2.26. The highest BCUT2D eigenvalue weighted by Gasteiger charge is 2.15. The molecule has 1 aliphatic heterocycles. The third kappa shape index (κ3) is 2.98. The van der Waals surface area contributed by atoms with E-state index in [-0.39, 0.29) is 0 Å². The van der Waals surface area contributed by atoms with E-state index in [4.69, 9.17) is 14.2 Å². The molecular weight excluding hydrogens is 276 g/mol. The van der Waals surface area contributed by atoms with Gasteiger partial charge in [0.15, 0.2) is 11.5 Å². The monoisotopic (exact) mass is 294 g/mol. The van der Waals surface area contributed by atoms with Crippen LogP contribution < -0.4 is 9.47 Å². The maximum absolute atomic E-state index is 5.79. The number of methoxy groups -OCH3 is 2. The minimum Gasteiger partial charge on any atom is -0.493 e. The maximum atomic E-state index is 5.79. The molecule has 22 heavy (non-hydrogen) atoms. The number of hydrogen-bond donors (Lipinski definition) is 0. The lowest BCUT2D eigenvalue weighted by atomic mass is 10.1. The SMILES string of the molecule is COc1ccc(C2=CC(=Cc3ccccc3)CO2)cc1OC. The van der Waals surface area contributed by atoms with E-state index in [0.29, 0.717) is 18.1 Å². The van der Waals surface area contributed by atoms with Gasteiger partial charge in [0.1, 0.15) is 12.4 Å². The summed E-state index contributed by atoms with van der Waals surface area (Å²) in [5, 5.41) is 0. The Hall–Kier alpha value is -2.68. The molecule has 0 aliphatic carbocycles. The fourth-order valence-corrected chi connectivity index (χ4v) is 2.42. The molecule has 3 heteroatoms. The second-order valence-corrected chi connectivity index (χ2v) is 5.00. The molecule has 0 unspecified atom stereocenters. The first-order valence-electron chi connectivity index (χ1n) is 7.12. The molecule has 0 bridgehead atoms. The van der Waals surface area contributed by atoms with E-state index in [2.05, 4.69) is 24.3 Å². The zero-order chi connectivity index (χ0) is 15.4. The van der Waals surface area contributed by atoms with Crippen LogP contribution in [-0.4, -0.2) is 20.8 Å². The Morgan fingerprint density at radius 3 is 2.45 bits per heavy atom. The van der Waals surface area contributed by atoms with Crippen molar-refractivity contribution in [1.82, 2.24) is 0 Å². The van der Waals surface area contributed by atoms with Crippen LogP contribution >= 0.6 is 0 Å². The highest BCUT2D eigenvalue weighted by atomic mass is 16.5. The van der Waals surface area contributed by atoms with Gasteiger partial charge >= 0.3 is 0 Å². The predicted octanol–water partition coefficient (Wildman–Crippen LogP) is 4.16. The molecule has 2 aromatic carbocycles. The summed E-state index contributed by atoms with van der Waals surface area (Å²) in [5.41, 5.74) is 3.30. The van der Waals surface area contributed by atoms with Gasteiger partial charge in [0, 0.05) is 5.56 Å². The zero-order valence-electron chi connectivity index (χ0n) is 12.7. The minimum atomic E-state index is 0.582. The number of ether oxygens (including phenoxy) is 3. The average molecular weight is 294 g/mol. The molecule has 0 N–H and O–H groups in total. The molecule has 3 nitrogen and oxygen atoms in total. The topological polar surface area (TPSA) is 27.7 Å². The average Bonchev–Trinajstić information content (AvgIpc) is 3.03. The Kier molecular flexibility index (Phi) is 4.15. The van der Waals surface area contributed by atoms with Crippen LogP contribution in [0.5, 0.6) is 11.5 Å². The maximum Gasteiger partial charge on any atom is 0.161 e. The van der Waals surface area contributed by atoms with Crippen molar-refractivity contribution < 1.29 is 14.2 Å². The summed E-state index contributed by atoms with van der Waals surface area (Å²) in [4.78, 5) is 0. The number of rotatable bonds is 4. The van der Waals surface area contributed by atoms with Gasteiger partial charge < -0.3 is 14.2 Å². The van der Waals surface area contributed by atoms with E-state index in [1.54, 1.807) is 14.2 Å². The van der Waals surface area contributed by atoms with Crippen molar-refractivity contribution in [2.75, 3.05) is 20.8 Å². The minimum absolute atomic E-state index is 0.582. The number of benzene rings is 2. The van der Waals surface area contributed by atoms with Crippen LogP contribution in [0, 0.1) is 0 Å². The molecule has 0 saturated carbocycles. The fraction of sp³-hybridized carbons (Fsp3) is 0.158. The molecule has 112 valence electrons. The summed E-state index contributed by atoms with van der Waals surface area (Å²) in [6.45, 7) is 0.582. The van der Waals surface area contributed by atoms with Gasteiger partial charge in [0.25, 0.3) is 0 Å². The Balaban J connectivity index is 1.87. The van der Waals surface area contributed by atoms with Crippen molar-refractivity contribution in [2.45, 2.75) is 0 Å². The van der Waals surface area contributed by atoms with Crippen molar-refractivity contribution in [3.8, 4) is 11.5 Å². The molecule has 0 fully saturated rings. The van der Waals surface area contributed by atoms with Gasteiger partial charge in [0.2, 0.25) is 0 Å². The first kappa shape index (κ1) is 14.3. The highest BCUT2D eigenvalue weighted by molar-refractivity contribution is 5.71. The van der Waals surface area contributed by atoms with E-state index >= 15 is 0 Å². The van der Waals surface area contributed by atoms with E-state index in [1.807, 2.05) is 36.4 Å². The van der Waals surface area contributed by atoms with Gasteiger partial charge in [-0.2, -0.15) is 0 Å². The molecule has 3 rings (SSSR count). The first-order valence-corrected chi connectivity index (χ1v) is 7.12. The molecule has 2 aromatic rings. The van der Waals surface area contributed by atoms with Crippen molar-refractivity contribution in [3.05, 3.63) is 71.3 Å². The van der Waals surface area contributed by atoms with E-state index in [1.165, 1.54) is 5.56 Å². The summed E-state index contributed by atoms with van der Waals surface area (Å²) in [6, 6.07) is 16.0. The van der Waals surface area contributed by atoms with Crippen LogP contribution in [0.1, 0.15) is 11.1 Å². The highest BCUT2D eigenvalue weighted by Crippen LogP contribution is 2.33. The largest absolute Gasteiger partial charge is 0.493 e. The van der Waals surface area contributed by atoms with Gasteiger partial charge in [-0.05, 0) is 41.5 Å². The molecule has 0 spiro atoms. The molecule has 0 atom stereocenters. The Morgan fingerprint density at radius 2 is 1.73 bits per heavy atom. The summed E-state index contributed by atoms with van der Waals surface area (Å²) < 4.78 is 16.4. The number of hydrogen-bond acceptors (Lipinski definition) is 3. The Morgan fingerprint density at radius 1 is 0.955 bits per heavy atom. The van der Waals surface area contributed by atoms with Gasteiger partial charge in [-0.3, -0.25) is 0 Å². The fourth-order valence-electron chi connectivity index (χ4n) is 2.42. The smallest absolute Gasteiger partial charge is 0.161 e. The zero-order valence-corrected chi connectivity index (χ0v) is 12.7. The summed E-state index contributed by atoms with van der Waals surface area (Å²) in [6.07, 6.45) is 4.20. The molecule has 0 amide bonds. The van der Waals surface area contributed by atoms with Crippen molar-refractivity contribution >= 4 is 11.8 Å². The third-order valence-electron chi connectivity index (χ3n) is 3.53. The van der Waals surface area contributed by atoms with Crippen LogP contribution in [0.4, 0.5) is 0 Å². The van der Waals surface area contributed by atoms with E-state index in [9.17, 15) is 0 Å². The summed E-state index contributed by atoms with van der Waals surface area (Å²) >= 11 is 0. The van der Waals surface area contributed by atoms with Crippen molar-refractivity contribution in [3.63, 3.8) is 0 Å². The van der Waals surface area contributed by atoms with E-state index in [0.717, 1.165) is 16.9 Å². The molecular formula is C19H18O3. The third-order valence-corrected chi connectivity index (χ3v) is 3.53. The summed E-state index contributed by atoms with van der Waals surface area (Å²) in [7, 11) is 3.26.